The molecule has 8 N–H and O–H groups in total. The minimum absolute atomic E-state index is 0.0942. The Morgan fingerprint density at radius 1 is 0.909 bits per heavy atom. The zero-order chi connectivity index (χ0) is 24.0. The fraction of sp³-hybridized carbons (Fsp3) is 0.286. The molecule has 0 bridgehead atoms. The van der Waals surface area contributed by atoms with Crippen molar-refractivity contribution in [3.8, 4) is 40.1 Å². The van der Waals surface area contributed by atoms with Gasteiger partial charge in [0, 0.05) is 11.6 Å². The fourth-order valence-corrected chi connectivity index (χ4v) is 3.51. The third-order valence-corrected chi connectivity index (χ3v) is 5.27. The number of hydrogen-bond acceptors (Lipinski definition) is 12. The number of ether oxygens (including phenoxy) is 2. The van der Waals surface area contributed by atoms with Gasteiger partial charge in [-0.05, 0) is 24.3 Å². The molecule has 176 valence electrons. The van der Waals surface area contributed by atoms with E-state index in [1.165, 1.54) is 24.3 Å². The van der Waals surface area contributed by atoms with Gasteiger partial charge >= 0.3 is 0 Å². The van der Waals surface area contributed by atoms with Gasteiger partial charge in [-0.1, -0.05) is 0 Å². The van der Waals surface area contributed by atoms with Crippen LogP contribution >= 0.6 is 0 Å². The molecule has 1 fully saturated rings. The van der Waals surface area contributed by atoms with Crippen molar-refractivity contribution in [2.75, 3.05) is 6.61 Å². The number of benzene rings is 2. The highest BCUT2D eigenvalue weighted by molar-refractivity contribution is 5.93. The molecule has 0 radical (unpaired) electrons. The van der Waals surface area contributed by atoms with Crippen LogP contribution in [0.2, 0.25) is 0 Å². The standard InChI is InChI=1S/C21H20O12/c22-6-11-13(26)15(28)17(30)21(31-11)33-19-10(25)5-9(24)12-14(27)16(29)18(32-20(12)19)7-1-3-8(23)4-2-7/h1-5,11,13,15,17,21-26,28-30H,6H2/t11-,13+,15-,17+,21-/m0/s1. The Labute approximate surface area is 184 Å². The number of aliphatic hydroxyl groups excluding tert-OH is 4. The van der Waals surface area contributed by atoms with Crippen LogP contribution < -0.4 is 10.2 Å². The summed E-state index contributed by atoms with van der Waals surface area (Å²) in [7, 11) is 0. The number of aromatic hydroxyl groups is 4. The molecule has 0 aliphatic carbocycles. The summed E-state index contributed by atoms with van der Waals surface area (Å²) in [4.78, 5) is 12.8. The maximum Gasteiger partial charge on any atom is 0.238 e. The molecule has 1 aliphatic rings. The van der Waals surface area contributed by atoms with E-state index >= 15 is 0 Å². The predicted octanol–water partition coefficient (Wildman–Crippen LogP) is -0.539. The fourth-order valence-electron chi connectivity index (χ4n) is 3.51. The van der Waals surface area contributed by atoms with Gasteiger partial charge in [-0.2, -0.15) is 0 Å². The SMILES string of the molecule is O=c1c(O)c(-c2ccc(O)cc2)oc2c(O[C@@H]3O[C@@H](CO)[C@@H](O)[C@H](O)[C@H]3O)c(O)cc(O)c12. The number of aliphatic hydroxyl groups is 4. The highest BCUT2D eigenvalue weighted by atomic mass is 16.7. The van der Waals surface area contributed by atoms with Crippen LogP contribution in [0, 0.1) is 0 Å². The first-order chi connectivity index (χ1) is 15.6. The number of rotatable bonds is 4. The molecule has 0 spiro atoms. The van der Waals surface area contributed by atoms with Crippen molar-refractivity contribution in [3.05, 3.63) is 40.6 Å². The molecule has 2 heterocycles. The molecule has 12 nitrogen and oxygen atoms in total. The maximum absolute atomic E-state index is 12.8. The molecule has 33 heavy (non-hydrogen) atoms. The molecule has 0 unspecified atom stereocenters. The summed E-state index contributed by atoms with van der Waals surface area (Å²) >= 11 is 0. The van der Waals surface area contributed by atoms with Gasteiger partial charge in [0.25, 0.3) is 0 Å². The van der Waals surface area contributed by atoms with Crippen LogP contribution in [-0.4, -0.2) is 78.2 Å². The van der Waals surface area contributed by atoms with Gasteiger partial charge in [0.2, 0.25) is 23.2 Å². The van der Waals surface area contributed by atoms with Gasteiger partial charge in [0.05, 0.1) is 6.61 Å². The lowest BCUT2D eigenvalue weighted by atomic mass is 9.99. The van der Waals surface area contributed by atoms with E-state index in [1.807, 2.05) is 0 Å². The number of fused-ring (bicyclic) bond motifs is 1. The smallest absolute Gasteiger partial charge is 0.238 e. The van der Waals surface area contributed by atoms with Crippen LogP contribution in [0.1, 0.15) is 0 Å². The second-order valence-corrected chi connectivity index (χ2v) is 7.42. The molecule has 1 aliphatic heterocycles. The Hall–Kier alpha value is -3.55. The maximum atomic E-state index is 12.8. The van der Waals surface area contributed by atoms with E-state index < -0.39 is 76.7 Å². The normalized spacial score (nSPS) is 25.3. The lowest BCUT2D eigenvalue weighted by Gasteiger charge is -2.39. The van der Waals surface area contributed by atoms with E-state index in [1.54, 1.807) is 0 Å². The van der Waals surface area contributed by atoms with Crippen molar-refractivity contribution in [3.63, 3.8) is 0 Å². The average Bonchev–Trinajstić information content (AvgIpc) is 2.78. The van der Waals surface area contributed by atoms with E-state index in [0.717, 1.165) is 6.07 Å². The van der Waals surface area contributed by atoms with Crippen molar-refractivity contribution in [2.45, 2.75) is 30.7 Å². The number of phenols is 3. The van der Waals surface area contributed by atoms with Crippen molar-refractivity contribution in [1.29, 1.82) is 0 Å². The minimum Gasteiger partial charge on any atom is -0.508 e. The lowest BCUT2D eigenvalue weighted by Crippen LogP contribution is -2.60. The Balaban J connectivity index is 1.88. The van der Waals surface area contributed by atoms with Crippen molar-refractivity contribution in [1.82, 2.24) is 0 Å². The Morgan fingerprint density at radius 3 is 2.21 bits per heavy atom. The summed E-state index contributed by atoms with van der Waals surface area (Å²) in [5, 5.41) is 79.3. The molecule has 1 aromatic heterocycles. The van der Waals surface area contributed by atoms with Gasteiger partial charge in [0.15, 0.2) is 17.1 Å². The molecular weight excluding hydrogens is 444 g/mol. The molecule has 1 saturated heterocycles. The molecule has 0 amide bonds. The first-order valence-electron chi connectivity index (χ1n) is 9.65. The molecular formula is C21H20O12. The first kappa shape index (κ1) is 22.6. The molecule has 2 aromatic carbocycles. The van der Waals surface area contributed by atoms with Gasteiger partial charge < -0.3 is 54.7 Å². The van der Waals surface area contributed by atoms with E-state index in [-0.39, 0.29) is 17.1 Å². The average molecular weight is 464 g/mol. The minimum atomic E-state index is -1.84. The summed E-state index contributed by atoms with van der Waals surface area (Å²) in [5.74, 6) is -3.43. The lowest BCUT2D eigenvalue weighted by molar-refractivity contribution is -0.277. The van der Waals surface area contributed by atoms with Crippen molar-refractivity contribution in [2.24, 2.45) is 0 Å². The van der Waals surface area contributed by atoms with E-state index in [0.29, 0.717) is 0 Å². The second-order valence-electron chi connectivity index (χ2n) is 7.42. The van der Waals surface area contributed by atoms with Crippen LogP contribution in [0.25, 0.3) is 22.3 Å². The quantitative estimate of drug-likeness (QED) is 0.245. The summed E-state index contributed by atoms with van der Waals surface area (Å²) in [5.41, 5.74) is -1.45. The topological polar surface area (TPSA) is 211 Å². The molecule has 5 atom stereocenters. The van der Waals surface area contributed by atoms with Crippen molar-refractivity contribution < 1.29 is 54.7 Å². The van der Waals surface area contributed by atoms with E-state index in [4.69, 9.17) is 13.9 Å². The van der Waals surface area contributed by atoms with Crippen LogP contribution in [-0.2, 0) is 4.74 Å². The Bertz CT molecular complexity index is 1230. The van der Waals surface area contributed by atoms with Crippen LogP contribution in [0.4, 0.5) is 0 Å². The highest BCUT2D eigenvalue weighted by Gasteiger charge is 2.45. The zero-order valence-corrected chi connectivity index (χ0v) is 16.7. The van der Waals surface area contributed by atoms with Crippen LogP contribution in [0.3, 0.4) is 0 Å². The van der Waals surface area contributed by atoms with Crippen LogP contribution in [0.15, 0.2) is 39.5 Å². The van der Waals surface area contributed by atoms with Gasteiger partial charge in [-0.25, -0.2) is 0 Å². The van der Waals surface area contributed by atoms with Gasteiger partial charge in [-0.15, -0.1) is 0 Å². The Kier molecular flexibility index (Phi) is 5.78. The first-order valence-corrected chi connectivity index (χ1v) is 9.65. The third-order valence-electron chi connectivity index (χ3n) is 5.27. The van der Waals surface area contributed by atoms with Crippen LogP contribution in [0.5, 0.6) is 28.7 Å². The zero-order valence-electron chi connectivity index (χ0n) is 16.7. The summed E-state index contributed by atoms with van der Waals surface area (Å²) < 4.78 is 16.3. The molecule has 4 rings (SSSR count). The molecule has 0 saturated carbocycles. The summed E-state index contributed by atoms with van der Waals surface area (Å²) in [6, 6.07) is 5.94. The second kappa shape index (κ2) is 8.42. The number of hydrogen-bond donors (Lipinski definition) is 8. The molecule has 12 heteroatoms. The highest BCUT2D eigenvalue weighted by Crippen LogP contribution is 2.43. The van der Waals surface area contributed by atoms with Crippen molar-refractivity contribution >= 4 is 11.0 Å². The number of phenolic OH excluding ortho intramolecular Hbond substituents is 3. The summed E-state index contributed by atoms with van der Waals surface area (Å²) in [6.45, 7) is -0.735. The Morgan fingerprint density at radius 2 is 1.58 bits per heavy atom. The largest absolute Gasteiger partial charge is 0.508 e. The van der Waals surface area contributed by atoms with Gasteiger partial charge in [-0.3, -0.25) is 4.79 Å². The summed E-state index contributed by atoms with van der Waals surface area (Å²) in [6.07, 6.45) is -8.34. The van der Waals surface area contributed by atoms with E-state index in [9.17, 15) is 45.6 Å². The monoisotopic (exact) mass is 464 g/mol. The van der Waals surface area contributed by atoms with Gasteiger partial charge in [0.1, 0.15) is 41.3 Å². The molecule has 3 aromatic rings. The predicted molar refractivity (Wildman–Crippen MR) is 109 cm³/mol. The van der Waals surface area contributed by atoms with E-state index in [2.05, 4.69) is 0 Å². The third kappa shape index (κ3) is 3.79.